The van der Waals surface area contributed by atoms with Crippen LogP contribution in [0.25, 0.3) is 0 Å². The summed E-state index contributed by atoms with van der Waals surface area (Å²) in [7, 11) is 0. The SMILES string of the molecule is O=C(c1cc(Cl)nc(Cl)c1)C1CCC2(CC1)OCCO2. The topological polar surface area (TPSA) is 48.4 Å². The third-order valence-electron chi connectivity index (χ3n) is 3.98. The van der Waals surface area contributed by atoms with E-state index in [9.17, 15) is 4.79 Å². The second-order valence-electron chi connectivity index (χ2n) is 5.25. The molecule has 0 atom stereocenters. The van der Waals surface area contributed by atoms with Crippen molar-refractivity contribution in [2.75, 3.05) is 13.2 Å². The summed E-state index contributed by atoms with van der Waals surface area (Å²) in [6.07, 6.45) is 3.04. The lowest BCUT2D eigenvalue weighted by molar-refractivity contribution is -0.180. The van der Waals surface area contributed by atoms with Gasteiger partial charge in [0, 0.05) is 24.3 Å². The summed E-state index contributed by atoms with van der Waals surface area (Å²) in [6, 6.07) is 3.14. The van der Waals surface area contributed by atoms with Gasteiger partial charge in [0.1, 0.15) is 10.3 Å². The van der Waals surface area contributed by atoms with Crippen LogP contribution >= 0.6 is 23.2 Å². The number of rotatable bonds is 2. The molecule has 0 bridgehead atoms. The van der Waals surface area contributed by atoms with Gasteiger partial charge in [-0.2, -0.15) is 0 Å². The second-order valence-corrected chi connectivity index (χ2v) is 6.02. The van der Waals surface area contributed by atoms with E-state index in [-0.39, 0.29) is 22.0 Å². The van der Waals surface area contributed by atoms with Crippen molar-refractivity contribution in [1.82, 2.24) is 4.98 Å². The van der Waals surface area contributed by atoms with Gasteiger partial charge in [0.2, 0.25) is 0 Å². The molecule has 0 amide bonds. The van der Waals surface area contributed by atoms with Crippen LogP contribution < -0.4 is 0 Å². The Morgan fingerprint density at radius 2 is 1.70 bits per heavy atom. The first-order valence-electron chi connectivity index (χ1n) is 6.73. The highest BCUT2D eigenvalue weighted by molar-refractivity contribution is 6.33. The minimum Gasteiger partial charge on any atom is -0.348 e. The number of nitrogens with zero attached hydrogens (tertiary/aromatic N) is 1. The summed E-state index contributed by atoms with van der Waals surface area (Å²) in [5.74, 6) is -0.392. The Kier molecular flexibility index (Phi) is 4.00. The largest absolute Gasteiger partial charge is 0.348 e. The number of carbonyl (C=O) groups excluding carboxylic acids is 1. The number of aromatic nitrogens is 1. The van der Waals surface area contributed by atoms with E-state index in [1.165, 1.54) is 0 Å². The first kappa shape index (κ1) is 14.3. The molecule has 2 fully saturated rings. The molecule has 3 rings (SSSR count). The van der Waals surface area contributed by atoms with E-state index >= 15 is 0 Å². The predicted molar refractivity (Wildman–Crippen MR) is 75.2 cm³/mol. The fourth-order valence-electron chi connectivity index (χ4n) is 2.95. The number of pyridine rings is 1. The van der Waals surface area contributed by atoms with Crippen LogP contribution in [-0.4, -0.2) is 29.8 Å². The lowest BCUT2D eigenvalue weighted by atomic mass is 9.81. The van der Waals surface area contributed by atoms with Crippen LogP contribution in [0.1, 0.15) is 36.0 Å². The average Bonchev–Trinajstić information content (AvgIpc) is 2.86. The Hall–Kier alpha value is -0.680. The van der Waals surface area contributed by atoms with Crippen LogP contribution in [0.5, 0.6) is 0 Å². The number of ketones is 1. The molecule has 1 saturated heterocycles. The Balaban J connectivity index is 1.69. The molecule has 6 heteroatoms. The molecule has 1 aliphatic carbocycles. The van der Waals surface area contributed by atoms with Crippen LogP contribution in [0.2, 0.25) is 10.3 Å². The predicted octanol–water partition coefficient (Wildman–Crippen LogP) is 3.50. The quantitative estimate of drug-likeness (QED) is 0.619. The summed E-state index contributed by atoms with van der Waals surface area (Å²) in [4.78, 5) is 16.3. The minimum absolute atomic E-state index is 0.0250. The zero-order valence-electron chi connectivity index (χ0n) is 10.9. The zero-order valence-corrected chi connectivity index (χ0v) is 12.4. The average molecular weight is 316 g/mol. The van der Waals surface area contributed by atoms with Crippen LogP contribution in [0.3, 0.4) is 0 Å². The number of hydrogen-bond acceptors (Lipinski definition) is 4. The molecule has 4 nitrogen and oxygen atoms in total. The van der Waals surface area contributed by atoms with E-state index in [1.54, 1.807) is 12.1 Å². The highest BCUT2D eigenvalue weighted by atomic mass is 35.5. The molecule has 0 aromatic carbocycles. The van der Waals surface area contributed by atoms with Crippen molar-refractivity contribution in [1.29, 1.82) is 0 Å². The number of halogens is 2. The maximum Gasteiger partial charge on any atom is 0.168 e. The van der Waals surface area contributed by atoms with Crippen molar-refractivity contribution >= 4 is 29.0 Å². The molecule has 0 N–H and O–H groups in total. The molecular weight excluding hydrogens is 301 g/mol. The molecule has 1 saturated carbocycles. The van der Waals surface area contributed by atoms with Gasteiger partial charge in [-0.25, -0.2) is 4.98 Å². The molecule has 2 aliphatic rings. The number of ether oxygens (including phenoxy) is 2. The lowest BCUT2D eigenvalue weighted by Gasteiger charge is -2.34. The summed E-state index contributed by atoms with van der Waals surface area (Å²) >= 11 is 11.7. The maximum atomic E-state index is 12.5. The van der Waals surface area contributed by atoms with Gasteiger partial charge in [-0.05, 0) is 25.0 Å². The second kappa shape index (κ2) is 5.60. The lowest BCUT2D eigenvalue weighted by Crippen LogP contribution is -2.37. The van der Waals surface area contributed by atoms with Gasteiger partial charge in [0.25, 0.3) is 0 Å². The fraction of sp³-hybridized carbons (Fsp3) is 0.571. The Labute approximate surface area is 127 Å². The summed E-state index contributed by atoms with van der Waals surface area (Å²) in [6.45, 7) is 1.29. The van der Waals surface area contributed by atoms with Gasteiger partial charge in [0.15, 0.2) is 11.6 Å². The minimum atomic E-state index is -0.440. The van der Waals surface area contributed by atoms with Crippen LogP contribution in [0, 0.1) is 5.92 Å². The first-order valence-corrected chi connectivity index (χ1v) is 7.49. The van der Waals surface area contributed by atoms with E-state index in [2.05, 4.69) is 4.98 Å². The molecule has 1 aliphatic heterocycles. The molecule has 108 valence electrons. The van der Waals surface area contributed by atoms with Gasteiger partial charge in [-0.15, -0.1) is 0 Å². The Morgan fingerprint density at radius 3 is 2.25 bits per heavy atom. The van der Waals surface area contributed by atoms with Crippen molar-refractivity contribution < 1.29 is 14.3 Å². The monoisotopic (exact) mass is 315 g/mol. The van der Waals surface area contributed by atoms with Gasteiger partial charge >= 0.3 is 0 Å². The van der Waals surface area contributed by atoms with Crippen molar-refractivity contribution in [3.8, 4) is 0 Å². The summed E-state index contributed by atoms with van der Waals surface area (Å²) in [5, 5.41) is 0.492. The van der Waals surface area contributed by atoms with Gasteiger partial charge in [-0.3, -0.25) is 4.79 Å². The smallest absolute Gasteiger partial charge is 0.168 e. The Morgan fingerprint density at radius 1 is 1.15 bits per heavy atom. The van der Waals surface area contributed by atoms with E-state index in [1.807, 2.05) is 0 Å². The number of Topliss-reactive ketones (excluding diaryl/α,β-unsaturated/α-hetero) is 1. The van der Waals surface area contributed by atoms with E-state index in [0.29, 0.717) is 18.8 Å². The number of carbonyl (C=O) groups is 1. The maximum absolute atomic E-state index is 12.5. The molecule has 20 heavy (non-hydrogen) atoms. The highest BCUT2D eigenvalue weighted by Gasteiger charge is 2.41. The molecule has 1 aromatic rings. The normalized spacial score (nSPS) is 22.3. The molecular formula is C14H15Cl2NO3. The van der Waals surface area contributed by atoms with Crippen LogP contribution in [-0.2, 0) is 9.47 Å². The van der Waals surface area contributed by atoms with Gasteiger partial charge in [0.05, 0.1) is 13.2 Å². The van der Waals surface area contributed by atoms with Crippen molar-refractivity contribution in [3.63, 3.8) is 0 Å². The molecule has 2 heterocycles. The molecule has 0 radical (unpaired) electrons. The standard InChI is InChI=1S/C14H15Cl2NO3/c15-11-7-10(8-12(16)17-11)13(18)9-1-3-14(4-2-9)19-5-6-20-14/h7-9H,1-6H2. The molecule has 0 unspecified atom stereocenters. The van der Waals surface area contributed by atoms with Gasteiger partial charge < -0.3 is 9.47 Å². The molecule has 1 aromatic heterocycles. The Bertz CT molecular complexity index is 499. The summed E-state index contributed by atoms with van der Waals surface area (Å²) < 4.78 is 11.3. The zero-order chi connectivity index (χ0) is 14.2. The van der Waals surface area contributed by atoms with Gasteiger partial charge in [-0.1, -0.05) is 23.2 Å². The van der Waals surface area contributed by atoms with Crippen molar-refractivity contribution in [3.05, 3.63) is 28.0 Å². The first-order chi connectivity index (χ1) is 9.58. The summed E-state index contributed by atoms with van der Waals surface area (Å²) in [5.41, 5.74) is 0.532. The fourth-order valence-corrected chi connectivity index (χ4v) is 3.41. The van der Waals surface area contributed by atoms with Crippen molar-refractivity contribution in [2.24, 2.45) is 5.92 Å². The van der Waals surface area contributed by atoms with Crippen LogP contribution in [0.15, 0.2) is 12.1 Å². The third-order valence-corrected chi connectivity index (χ3v) is 4.37. The number of hydrogen-bond donors (Lipinski definition) is 0. The third kappa shape index (κ3) is 2.84. The van der Waals surface area contributed by atoms with E-state index < -0.39 is 5.79 Å². The van der Waals surface area contributed by atoms with Crippen LogP contribution in [0.4, 0.5) is 0 Å². The van der Waals surface area contributed by atoms with Crippen molar-refractivity contribution in [2.45, 2.75) is 31.5 Å². The highest BCUT2D eigenvalue weighted by Crippen LogP contribution is 2.39. The van der Waals surface area contributed by atoms with E-state index in [4.69, 9.17) is 32.7 Å². The molecule has 1 spiro atoms. The van der Waals surface area contributed by atoms with E-state index in [0.717, 1.165) is 25.7 Å².